The zero-order valence-electron chi connectivity index (χ0n) is 16.0. The van der Waals surface area contributed by atoms with E-state index in [2.05, 4.69) is 31.4 Å². The van der Waals surface area contributed by atoms with Gasteiger partial charge < -0.3 is 9.88 Å². The molecule has 2 N–H and O–H groups in total. The average Bonchev–Trinajstić information content (AvgIpc) is 3.40. The third kappa shape index (κ3) is 3.78. The molecule has 0 saturated heterocycles. The molecule has 0 aromatic carbocycles. The number of hydrogen-bond acceptors (Lipinski definition) is 6. The van der Waals surface area contributed by atoms with Gasteiger partial charge in [-0.3, -0.25) is 9.78 Å². The Morgan fingerprint density at radius 1 is 1.07 bits per heavy atom. The Morgan fingerprint density at radius 3 is 2.66 bits per heavy atom. The Labute approximate surface area is 179 Å². The summed E-state index contributed by atoms with van der Waals surface area (Å²) in [4.78, 5) is 9.64. The third-order valence-electron chi connectivity index (χ3n) is 4.76. The number of H-pyrrole nitrogens is 1. The Balaban J connectivity index is 0.00000120. The molecule has 5 rings (SSSR count). The van der Waals surface area contributed by atoms with Gasteiger partial charge in [-0.2, -0.15) is 10.2 Å². The van der Waals surface area contributed by atoms with Crippen molar-refractivity contribution >= 4 is 24.8 Å². The Bertz CT molecular complexity index is 1080. The fourth-order valence-corrected chi connectivity index (χ4v) is 3.35. The van der Waals surface area contributed by atoms with Gasteiger partial charge in [0.2, 0.25) is 0 Å². The molecule has 10 nitrogen and oxygen atoms in total. The molecule has 154 valence electrons. The molecule has 29 heavy (non-hydrogen) atoms. The molecule has 0 atom stereocenters. The van der Waals surface area contributed by atoms with Gasteiger partial charge in [0.05, 0.1) is 24.2 Å². The van der Waals surface area contributed by atoms with Crippen molar-refractivity contribution in [1.82, 2.24) is 49.6 Å². The van der Waals surface area contributed by atoms with Crippen LogP contribution in [0.1, 0.15) is 11.5 Å². The highest BCUT2D eigenvalue weighted by Gasteiger charge is 2.21. The number of imidazole rings is 1. The van der Waals surface area contributed by atoms with Gasteiger partial charge in [-0.05, 0) is 6.92 Å². The van der Waals surface area contributed by atoms with Crippen LogP contribution in [0.3, 0.4) is 0 Å². The maximum Gasteiger partial charge on any atom is 0.185 e. The molecule has 0 amide bonds. The number of nitrogens with zero attached hydrogens (tertiary/aromatic N) is 8. The smallest absolute Gasteiger partial charge is 0.185 e. The Hall–Kier alpha value is -2.69. The van der Waals surface area contributed by atoms with Crippen LogP contribution in [0.15, 0.2) is 24.8 Å². The predicted molar refractivity (Wildman–Crippen MR) is 113 cm³/mol. The van der Waals surface area contributed by atoms with E-state index < -0.39 is 0 Å². The average molecular weight is 437 g/mol. The van der Waals surface area contributed by atoms with E-state index in [1.54, 1.807) is 21.8 Å². The van der Waals surface area contributed by atoms with Crippen molar-refractivity contribution in [3.05, 3.63) is 36.3 Å². The van der Waals surface area contributed by atoms with Crippen LogP contribution in [0.25, 0.3) is 28.6 Å². The molecule has 4 aromatic heterocycles. The first kappa shape index (κ1) is 21.0. The minimum atomic E-state index is 0. The van der Waals surface area contributed by atoms with Crippen LogP contribution in [0.2, 0.25) is 0 Å². The second-order valence-corrected chi connectivity index (χ2v) is 6.69. The highest BCUT2D eigenvalue weighted by atomic mass is 35.5. The molecule has 0 aliphatic carbocycles. The lowest BCUT2D eigenvalue weighted by atomic mass is 10.2. The number of halogens is 2. The summed E-state index contributed by atoms with van der Waals surface area (Å²) in [7, 11) is 1.88. The number of aromatic amines is 1. The number of fused-ring (bicyclic) bond motifs is 1. The normalized spacial score (nSPS) is 13.3. The van der Waals surface area contributed by atoms with Crippen LogP contribution < -0.4 is 5.32 Å². The van der Waals surface area contributed by atoms with Gasteiger partial charge in [0.1, 0.15) is 17.2 Å². The molecule has 1 aliphatic rings. The van der Waals surface area contributed by atoms with Crippen molar-refractivity contribution in [2.45, 2.75) is 19.9 Å². The fraction of sp³-hybridized carbons (Fsp3) is 0.353. The van der Waals surface area contributed by atoms with Crippen LogP contribution in [0.5, 0.6) is 0 Å². The second kappa shape index (κ2) is 8.36. The number of rotatable bonds is 3. The molecule has 0 unspecified atom stereocenters. The minimum Gasteiger partial charge on any atom is -0.333 e. The molecular formula is C17H22Cl2N10. The summed E-state index contributed by atoms with van der Waals surface area (Å²) in [6, 6.07) is 0. The van der Waals surface area contributed by atoms with Gasteiger partial charge in [0.25, 0.3) is 0 Å². The topological polar surface area (TPSA) is 107 Å². The van der Waals surface area contributed by atoms with Crippen LogP contribution in [0, 0.1) is 6.92 Å². The van der Waals surface area contributed by atoms with Crippen molar-refractivity contribution < 1.29 is 0 Å². The maximum absolute atomic E-state index is 4.84. The highest BCUT2D eigenvalue weighted by molar-refractivity contribution is 5.85. The zero-order valence-corrected chi connectivity index (χ0v) is 17.7. The molecule has 0 bridgehead atoms. The summed E-state index contributed by atoms with van der Waals surface area (Å²) in [6.07, 6.45) is 8.39. The van der Waals surface area contributed by atoms with Gasteiger partial charge in [0.15, 0.2) is 11.6 Å². The van der Waals surface area contributed by atoms with Crippen molar-refractivity contribution in [1.29, 1.82) is 0 Å². The van der Waals surface area contributed by atoms with Gasteiger partial charge in [-0.1, -0.05) is 0 Å². The van der Waals surface area contributed by atoms with Crippen LogP contribution in [0.4, 0.5) is 0 Å². The molecule has 0 radical (unpaired) electrons. The first-order valence-electron chi connectivity index (χ1n) is 8.92. The van der Waals surface area contributed by atoms with Gasteiger partial charge in [-0.15, -0.1) is 29.9 Å². The molecule has 4 aromatic rings. The molecule has 0 spiro atoms. The van der Waals surface area contributed by atoms with Crippen molar-refractivity contribution in [3.63, 3.8) is 0 Å². The Morgan fingerprint density at radius 2 is 1.93 bits per heavy atom. The summed E-state index contributed by atoms with van der Waals surface area (Å²) in [5.41, 5.74) is 3.47. The third-order valence-corrected chi connectivity index (χ3v) is 4.76. The number of hydrogen-bond donors (Lipinski definition) is 2. The van der Waals surface area contributed by atoms with E-state index in [9.17, 15) is 0 Å². The second-order valence-electron chi connectivity index (χ2n) is 6.69. The van der Waals surface area contributed by atoms with E-state index in [1.165, 1.54) is 0 Å². The molecule has 0 fully saturated rings. The SMILES string of the molecule is Cc1[nH]ncc1-c1nc(-c2cn3c(n2)CCNCC3)n(-c2cnn(C)c2)n1.Cl.Cl. The monoisotopic (exact) mass is 436 g/mol. The molecule has 1 aliphatic heterocycles. The Kier molecular flexibility index (Phi) is 6.06. The van der Waals surface area contributed by atoms with E-state index in [0.29, 0.717) is 11.6 Å². The van der Waals surface area contributed by atoms with Crippen LogP contribution in [-0.2, 0) is 20.0 Å². The van der Waals surface area contributed by atoms with E-state index in [0.717, 1.165) is 54.5 Å². The van der Waals surface area contributed by atoms with Crippen LogP contribution in [-0.4, -0.2) is 57.4 Å². The lowest BCUT2D eigenvalue weighted by molar-refractivity contribution is 0.646. The summed E-state index contributed by atoms with van der Waals surface area (Å²) in [5, 5.41) is 19.4. The summed E-state index contributed by atoms with van der Waals surface area (Å²) < 4.78 is 5.74. The maximum atomic E-state index is 4.84. The van der Waals surface area contributed by atoms with E-state index in [4.69, 9.17) is 15.1 Å². The van der Waals surface area contributed by atoms with E-state index in [-0.39, 0.29) is 24.8 Å². The standard InChI is InChI=1S/C17H20N10.2ClH/c1-11-13(8-19-23-11)16-22-17(27(24-16)12-7-20-25(2)9-12)14-10-26-6-5-18-4-3-15(26)21-14;;/h7-10,18H,3-6H2,1-2H3,(H,19,23);2*1H. The molecule has 5 heterocycles. The zero-order chi connectivity index (χ0) is 18.4. The van der Waals surface area contributed by atoms with Crippen molar-refractivity contribution in [2.75, 3.05) is 13.1 Å². The molecule has 0 saturated carbocycles. The van der Waals surface area contributed by atoms with Crippen molar-refractivity contribution in [3.8, 4) is 28.6 Å². The summed E-state index contributed by atoms with van der Waals surface area (Å²) >= 11 is 0. The van der Waals surface area contributed by atoms with E-state index in [1.807, 2.05) is 20.2 Å². The van der Waals surface area contributed by atoms with Gasteiger partial charge >= 0.3 is 0 Å². The fourth-order valence-electron chi connectivity index (χ4n) is 3.35. The summed E-state index contributed by atoms with van der Waals surface area (Å²) in [5.74, 6) is 2.38. The lowest BCUT2D eigenvalue weighted by Gasteiger charge is -2.00. The number of aromatic nitrogens is 9. The quantitative estimate of drug-likeness (QED) is 0.504. The van der Waals surface area contributed by atoms with Gasteiger partial charge in [0, 0.05) is 45.0 Å². The van der Waals surface area contributed by atoms with Crippen LogP contribution >= 0.6 is 24.8 Å². The lowest BCUT2D eigenvalue weighted by Crippen LogP contribution is -2.17. The predicted octanol–water partition coefficient (Wildman–Crippen LogP) is 1.55. The number of nitrogens with one attached hydrogen (secondary N) is 2. The number of aryl methyl sites for hydroxylation is 2. The molecule has 12 heteroatoms. The highest BCUT2D eigenvalue weighted by Crippen LogP contribution is 2.26. The minimum absolute atomic E-state index is 0. The first-order valence-corrected chi connectivity index (χ1v) is 8.92. The molecular weight excluding hydrogens is 415 g/mol. The van der Waals surface area contributed by atoms with Crippen molar-refractivity contribution in [2.24, 2.45) is 7.05 Å². The van der Waals surface area contributed by atoms with E-state index >= 15 is 0 Å². The van der Waals surface area contributed by atoms with Gasteiger partial charge in [-0.25, -0.2) is 14.6 Å². The first-order chi connectivity index (χ1) is 13.2. The summed E-state index contributed by atoms with van der Waals surface area (Å²) in [6.45, 7) is 4.73. The largest absolute Gasteiger partial charge is 0.333 e.